The minimum atomic E-state index is 0.713. The molecule has 1 rings (SSSR count). The van der Waals surface area contributed by atoms with E-state index in [-0.39, 0.29) is 0 Å². The van der Waals surface area contributed by atoms with Gasteiger partial charge in [0.15, 0.2) is 0 Å². The Morgan fingerprint density at radius 2 is 2.23 bits per heavy atom. The molecule has 0 bridgehead atoms. The summed E-state index contributed by atoms with van der Waals surface area (Å²) in [5.74, 6) is 0.952. The van der Waals surface area contributed by atoms with Gasteiger partial charge in [0.05, 0.1) is 0 Å². The van der Waals surface area contributed by atoms with Crippen molar-refractivity contribution in [3.63, 3.8) is 0 Å². The van der Waals surface area contributed by atoms with Crippen molar-refractivity contribution in [2.45, 2.75) is 45.6 Å². The molecule has 0 amide bonds. The van der Waals surface area contributed by atoms with Crippen LogP contribution in [0.5, 0.6) is 0 Å². The highest BCUT2D eigenvalue weighted by atomic mass is 16.5. The van der Waals surface area contributed by atoms with Crippen LogP contribution < -0.4 is 5.32 Å². The molecule has 2 nitrogen and oxygen atoms in total. The molecule has 2 atom stereocenters. The summed E-state index contributed by atoms with van der Waals surface area (Å²) < 4.78 is 5.37. The molecule has 1 saturated heterocycles. The van der Waals surface area contributed by atoms with Crippen LogP contribution in [0.3, 0.4) is 0 Å². The number of rotatable bonds is 5. The number of nitrogens with one attached hydrogen (secondary N) is 1. The van der Waals surface area contributed by atoms with E-state index in [0.29, 0.717) is 6.04 Å². The Labute approximate surface area is 82.0 Å². The monoisotopic (exact) mass is 185 g/mol. The lowest BCUT2D eigenvalue weighted by Crippen LogP contribution is -2.38. The molecule has 0 aromatic carbocycles. The Morgan fingerprint density at radius 3 is 2.92 bits per heavy atom. The second kappa shape index (κ2) is 6.39. The summed E-state index contributed by atoms with van der Waals surface area (Å²) in [6, 6.07) is 0.713. The zero-order valence-corrected chi connectivity index (χ0v) is 9.01. The van der Waals surface area contributed by atoms with Gasteiger partial charge in [-0.25, -0.2) is 0 Å². The molecule has 0 aromatic heterocycles. The molecule has 78 valence electrons. The summed E-state index contributed by atoms with van der Waals surface area (Å²) in [6.07, 6.45) is 5.24. The minimum Gasteiger partial charge on any atom is -0.382 e. The lowest BCUT2D eigenvalue weighted by atomic mass is 9.89. The quantitative estimate of drug-likeness (QED) is 0.663. The van der Waals surface area contributed by atoms with Gasteiger partial charge in [-0.05, 0) is 38.6 Å². The summed E-state index contributed by atoms with van der Waals surface area (Å²) in [7, 11) is 0. The van der Waals surface area contributed by atoms with Gasteiger partial charge in [0.25, 0.3) is 0 Å². The van der Waals surface area contributed by atoms with Crippen LogP contribution in [0.1, 0.15) is 39.5 Å². The van der Waals surface area contributed by atoms with Gasteiger partial charge in [-0.2, -0.15) is 0 Å². The Balaban J connectivity index is 2.11. The molecule has 2 unspecified atom stereocenters. The smallest absolute Gasteiger partial charge is 0.0480 e. The second-order valence-corrected chi connectivity index (χ2v) is 3.94. The van der Waals surface area contributed by atoms with E-state index in [0.717, 1.165) is 19.1 Å². The maximum atomic E-state index is 5.37. The van der Waals surface area contributed by atoms with Crippen LogP contribution in [-0.4, -0.2) is 25.8 Å². The van der Waals surface area contributed by atoms with E-state index in [1.54, 1.807) is 0 Å². The topological polar surface area (TPSA) is 21.3 Å². The number of hydrogen-bond acceptors (Lipinski definition) is 2. The normalized spacial score (nSPS) is 29.1. The first-order valence-corrected chi connectivity index (χ1v) is 5.68. The summed E-state index contributed by atoms with van der Waals surface area (Å²) in [4.78, 5) is 0. The third kappa shape index (κ3) is 4.10. The summed E-state index contributed by atoms with van der Waals surface area (Å²) >= 11 is 0. The zero-order chi connectivity index (χ0) is 9.52. The SMILES string of the molecule is CCOCCC1CC(CC)CCN1. The second-order valence-electron chi connectivity index (χ2n) is 3.94. The van der Waals surface area contributed by atoms with Gasteiger partial charge in [0.1, 0.15) is 0 Å². The van der Waals surface area contributed by atoms with E-state index in [2.05, 4.69) is 19.2 Å². The predicted octanol–water partition coefficient (Wildman–Crippen LogP) is 2.19. The molecular formula is C11H23NO. The van der Waals surface area contributed by atoms with E-state index in [4.69, 9.17) is 4.74 Å². The predicted molar refractivity (Wildman–Crippen MR) is 55.9 cm³/mol. The highest BCUT2D eigenvalue weighted by molar-refractivity contribution is 4.77. The fourth-order valence-electron chi connectivity index (χ4n) is 2.06. The van der Waals surface area contributed by atoms with E-state index < -0.39 is 0 Å². The molecule has 13 heavy (non-hydrogen) atoms. The van der Waals surface area contributed by atoms with Crippen molar-refractivity contribution in [1.29, 1.82) is 0 Å². The van der Waals surface area contributed by atoms with Crippen molar-refractivity contribution in [2.75, 3.05) is 19.8 Å². The Morgan fingerprint density at radius 1 is 1.38 bits per heavy atom. The molecule has 0 aromatic rings. The summed E-state index contributed by atoms with van der Waals surface area (Å²) in [6.45, 7) is 7.34. The molecule has 1 fully saturated rings. The van der Waals surface area contributed by atoms with Gasteiger partial charge >= 0.3 is 0 Å². The molecule has 0 saturated carbocycles. The Bertz CT molecular complexity index is 127. The van der Waals surface area contributed by atoms with Gasteiger partial charge in [-0.3, -0.25) is 0 Å². The average molecular weight is 185 g/mol. The summed E-state index contributed by atoms with van der Waals surface area (Å²) in [5, 5.41) is 3.56. The standard InChI is InChI=1S/C11H23NO/c1-3-10-5-7-12-11(9-10)6-8-13-4-2/h10-12H,3-9H2,1-2H3. The first kappa shape index (κ1) is 11.0. The maximum absolute atomic E-state index is 5.37. The highest BCUT2D eigenvalue weighted by Gasteiger charge is 2.19. The van der Waals surface area contributed by atoms with E-state index in [1.807, 2.05) is 0 Å². The van der Waals surface area contributed by atoms with Crippen molar-refractivity contribution < 1.29 is 4.74 Å². The number of piperidine rings is 1. The van der Waals surface area contributed by atoms with Gasteiger partial charge in [-0.15, -0.1) is 0 Å². The zero-order valence-electron chi connectivity index (χ0n) is 9.01. The first-order valence-electron chi connectivity index (χ1n) is 5.68. The van der Waals surface area contributed by atoms with Gasteiger partial charge in [-0.1, -0.05) is 13.3 Å². The van der Waals surface area contributed by atoms with Crippen molar-refractivity contribution in [3.05, 3.63) is 0 Å². The van der Waals surface area contributed by atoms with Crippen molar-refractivity contribution in [2.24, 2.45) is 5.92 Å². The lowest BCUT2D eigenvalue weighted by molar-refractivity contribution is 0.128. The van der Waals surface area contributed by atoms with Crippen molar-refractivity contribution >= 4 is 0 Å². The first-order chi connectivity index (χ1) is 6.36. The molecule has 1 N–H and O–H groups in total. The van der Waals surface area contributed by atoms with Crippen LogP contribution in [0.15, 0.2) is 0 Å². The third-order valence-electron chi connectivity index (χ3n) is 3.00. The highest BCUT2D eigenvalue weighted by Crippen LogP contribution is 2.20. The average Bonchev–Trinajstić information content (AvgIpc) is 2.19. The van der Waals surface area contributed by atoms with Crippen molar-refractivity contribution in [1.82, 2.24) is 5.32 Å². The third-order valence-corrected chi connectivity index (χ3v) is 3.00. The van der Waals surface area contributed by atoms with Crippen LogP contribution in [-0.2, 0) is 4.74 Å². The molecule has 1 aliphatic rings. The van der Waals surface area contributed by atoms with Gasteiger partial charge in [0.2, 0.25) is 0 Å². The van der Waals surface area contributed by atoms with Crippen LogP contribution >= 0.6 is 0 Å². The largest absolute Gasteiger partial charge is 0.382 e. The molecule has 1 aliphatic heterocycles. The fraction of sp³-hybridized carbons (Fsp3) is 1.00. The Kier molecular flexibility index (Phi) is 5.40. The van der Waals surface area contributed by atoms with Crippen LogP contribution in [0, 0.1) is 5.92 Å². The van der Waals surface area contributed by atoms with Gasteiger partial charge in [0, 0.05) is 19.3 Å². The minimum absolute atomic E-state index is 0.713. The Hall–Kier alpha value is -0.0800. The maximum Gasteiger partial charge on any atom is 0.0480 e. The van der Waals surface area contributed by atoms with E-state index in [9.17, 15) is 0 Å². The number of hydrogen-bond donors (Lipinski definition) is 1. The van der Waals surface area contributed by atoms with Crippen LogP contribution in [0.25, 0.3) is 0 Å². The molecule has 2 heteroatoms. The molecule has 0 spiro atoms. The molecule has 0 radical (unpaired) electrons. The summed E-state index contributed by atoms with van der Waals surface area (Å²) in [5.41, 5.74) is 0. The van der Waals surface area contributed by atoms with E-state index in [1.165, 1.54) is 32.2 Å². The van der Waals surface area contributed by atoms with Crippen LogP contribution in [0.4, 0.5) is 0 Å². The van der Waals surface area contributed by atoms with E-state index >= 15 is 0 Å². The van der Waals surface area contributed by atoms with Crippen LogP contribution in [0.2, 0.25) is 0 Å². The molecule has 0 aliphatic carbocycles. The number of ether oxygens (including phenoxy) is 1. The molecular weight excluding hydrogens is 162 g/mol. The lowest BCUT2D eigenvalue weighted by Gasteiger charge is -2.29. The van der Waals surface area contributed by atoms with Crippen molar-refractivity contribution in [3.8, 4) is 0 Å². The molecule has 1 heterocycles. The fourth-order valence-corrected chi connectivity index (χ4v) is 2.06. The van der Waals surface area contributed by atoms with Gasteiger partial charge < -0.3 is 10.1 Å².